The van der Waals surface area contributed by atoms with Crippen LogP contribution in [0.4, 0.5) is 4.79 Å². The quantitative estimate of drug-likeness (QED) is 0.574. The van der Waals surface area contributed by atoms with E-state index in [-0.39, 0.29) is 12.4 Å². The third kappa shape index (κ3) is 1.06. The summed E-state index contributed by atoms with van der Waals surface area (Å²) >= 11 is 0. The predicted molar refractivity (Wildman–Crippen MR) is 37.3 cm³/mol. The Morgan fingerprint density at radius 1 is 1.64 bits per heavy atom. The van der Waals surface area contributed by atoms with E-state index in [0.717, 1.165) is 12.8 Å². The fourth-order valence-electron chi connectivity index (χ4n) is 1.25. The molecule has 0 aromatic carbocycles. The van der Waals surface area contributed by atoms with Crippen LogP contribution in [0.15, 0.2) is 0 Å². The molecule has 1 aliphatic carbocycles. The second kappa shape index (κ2) is 2.35. The molecule has 1 atom stereocenters. The standard InChI is InChI=1S/C6H11N3O2/c1-11-6-8-7-5(10)9(6)4-2-3-4/h4,6,8H,2-3H2,1H3,(H,7,10). The van der Waals surface area contributed by atoms with Crippen LogP contribution in [0.1, 0.15) is 12.8 Å². The van der Waals surface area contributed by atoms with Crippen molar-refractivity contribution in [2.45, 2.75) is 25.2 Å². The molecule has 11 heavy (non-hydrogen) atoms. The lowest BCUT2D eigenvalue weighted by Crippen LogP contribution is -2.39. The first-order valence-corrected chi connectivity index (χ1v) is 3.69. The first-order valence-electron chi connectivity index (χ1n) is 3.69. The SMILES string of the molecule is COC1NNC(=O)N1C1CC1. The van der Waals surface area contributed by atoms with Crippen molar-refractivity contribution in [3.63, 3.8) is 0 Å². The van der Waals surface area contributed by atoms with Crippen molar-refractivity contribution in [1.82, 2.24) is 15.8 Å². The normalized spacial score (nSPS) is 30.8. The van der Waals surface area contributed by atoms with Crippen LogP contribution in [0.3, 0.4) is 0 Å². The van der Waals surface area contributed by atoms with Gasteiger partial charge in [0.05, 0.1) is 0 Å². The minimum absolute atomic E-state index is 0.0839. The molecule has 0 aromatic heterocycles. The monoisotopic (exact) mass is 157 g/mol. The second-order valence-corrected chi connectivity index (χ2v) is 2.80. The number of ether oxygens (including phenoxy) is 1. The zero-order chi connectivity index (χ0) is 7.84. The Labute approximate surface area is 64.7 Å². The van der Waals surface area contributed by atoms with Gasteiger partial charge in [-0.15, -0.1) is 0 Å². The van der Waals surface area contributed by atoms with Crippen molar-refractivity contribution >= 4 is 6.03 Å². The molecule has 0 bridgehead atoms. The summed E-state index contributed by atoms with van der Waals surface area (Å²) in [6.45, 7) is 0. The van der Waals surface area contributed by atoms with Crippen LogP contribution in [0.25, 0.3) is 0 Å². The second-order valence-electron chi connectivity index (χ2n) is 2.80. The van der Waals surface area contributed by atoms with Gasteiger partial charge >= 0.3 is 6.03 Å². The summed E-state index contributed by atoms with van der Waals surface area (Å²) in [5.74, 6) is 0. The largest absolute Gasteiger partial charge is 0.347 e. The first-order chi connectivity index (χ1) is 5.33. The number of amides is 2. The topological polar surface area (TPSA) is 53.6 Å². The van der Waals surface area contributed by atoms with E-state index in [1.807, 2.05) is 0 Å². The van der Waals surface area contributed by atoms with Gasteiger partial charge in [-0.25, -0.2) is 4.79 Å². The van der Waals surface area contributed by atoms with Gasteiger partial charge < -0.3 is 4.74 Å². The maximum Gasteiger partial charge on any atom is 0.335 e. The van der Waals surface area contributed by atoms with E-state index in [1.54, 1.807) is 12.0 Å². The van der Waals surface area contributed by atoms with E-state index in [9.17, 15) is 4.79 Å². The van der Waals surface area contributed by atoms with Crippen molar-refractivity contribution in [2.75, 3.05) is 7.11 Å². The highest BCUT2D eigenvalue weighted by atomic mass is 16.5. The number of hydrogen-bond donors (Lipinski definition) is 2. The highest BCUT2D eigenvalue weighted by molar-refractivity contribution is 5.76. The van der Waals surface area contributed by atoms with Crippen LogP contribution in [0.2, 0.25) is 0 Å². The molecule has 5 heteroatoms. The fourth-order valence-corrected chi connectivity index (χ4v) is 1.25. The van der Waals surface area contributed by atoms with E-state index < -0.39 is 0 Å². The molecule has 0 radical (unpaired) electrons. The third-order valence-corrected chi connectivity index (χ3v) is 1.95. The van der Waals surface area contributed by atoms with Crippen molar-refractivity contribution < 1.29 is 9.53 Å². The Bertz CT molecular complexity index is 181. The van der Waals surface area contributed by atoms with Crippen LogP contribution in [0.5, 0.6) is 0 Å². The Morgan fingerprint density at radius 2 is 2.36 bits per heavy atom. The lowest BCUT2D eigenvalue weighted by molar-refractivity contribution is -0.0105. The number of hydrogen-bond acceptors (Lipinski definition) is 3. The molecule has 2 N–H and O–H groups in total. The van der Waals surface area contributed by atoms with E-state index in [2.05, 4.69) is 10.9 Å². The van der Waals surface area contributed by atoms with Crippen molar-refractivity contribution in [3.8, 4) is 0 Å². The third-order valence-electron chi connectivity index (χ3n) is 1.95. The average Bonchev–Trinajstić information content (AvgIpc) is 2.76. The van der Waals surface area contributed by atoms with E-state index in [1.165, 1.54) is 0 Å². The van der Waals surface area contributed by atoms with Gasteiger partial charge in [-0.05, 0) is 12.8 Å². The molecule has 2 fully saturated rings. The predicted octanol–water partition coefficient (Wildman–Crippen LogP) is -0.391. The summed E-state index contributed by atoms with van der Waals surface area (Å²) in [4.78, 5) is 12.8. The summed E-state index contributed by atoms with van der Waals surface area (Å²) in [5.41, 5.74) is 5.24. The molecular weight excluding hydrogens is 146 g/mol. The van der Waals surface area contributed by atoms with Gasteiger partial charge in [-0.3, -0.25) is 10.3 Å². The van der Waals surface area contributed by atoms with Crippen LogP contribution >= 0.6 is 0 Å². The van der Waals surface area contributed by atoms with Gasteiger partial charge in [0, 0.05) is 13.2 Å². The minimum atomic E-state index is -0.282. The number of hydrazine groups is 1. The smallest absolute Gasteiger partial charge is 0.335 e. The Balaban J connectivity index is 2.05. The average molecular weight is 157 g/mol. The van der Waals surface area contributed by atoms with Gasteiger partial charge in [0.1, 0.15) is 0 Å². The maximum absolute atomic E-state index is 11.1. The minimum Gasteiger partial charge on any atom is -0.347 e. The first kappa shape index (κ1) is 6.87. The highest BCUT2D eigenvalue weighted by Gasteiger charge is 2.41. The van der Waals surface area contributed by atoms with E-state index >= 15 is 0 Å². The Hall–Kier alpha value is -0.810. The number of nitrogens with zero attached hydrogens (tertiary/aromatic N) is 1. The lowest BCUT2D eigenvalue weighted by Gasteiger charge is -2.19. The fraction of sp³-hybridized carbons (Fsp3) is 0.833. The number of urea groups is 1. The Morgan fingerprint density at radius 3 is 2.91 bits per heavy atom. The molecule has 0 spiro atoms. The van der Waals surface area contributed by atoms with E-state index in [0.29, 0.717) is 6.04 Å². The molecule has 1 saturated carbocycles. The maximum atomic E-state index is 11.1. The molecule has 1 saturated heterocycles. The van der Waals surface area contributed by atoms with Crippen molar-refractivity contribution in [3.05, 3.63) is 0 Å². The molecule has 0 aromatic rings. The molecule has 1 heterocycles. The van der Waals surface area contributed by atoms with Crippen molar-refractivity contribution in [1.29, 1.82) is 0 Å². The zero-order valence-corrected chi connectivity index (χ0v) is 6.33. The summed E-state index contributed by atoms with van der Waals surface area (Å²) in [5, 5.41) is 0. The van der Waals surface area contributed by atoms with Crippen LogP contribution in [0, 0.1) is 0 Å². The number of carbonyl (C=O) groups excluding carboxylic acids is 1. The summed E-state index contributed by atoms with van der Waals surface area (Å²) in [6.07, 6.45) is 1.90. The molecule has 1 unspecified atom stereocenters. The van der Waals surface area contributed by atoms with Gasteiger partial charge in [0.25, 0.3) is 0 Å². The molecule has 2 amide bonds. The number of methoxy groups -OCH3 is 1. The summed E-state index contributed by atoms with van der Waals surface area (Å²) in [7, 11) is 1.58. The molecule has 62 valence electrons. The number of carbonyl (C=O) groups is 1. The number of rotatable bonds is 2. The van der Waals surface area contributed by atoms with Crippen LogP contribution in [-0.4, -0.2) is 30.4 Å². The summed E-state index contributed by atoms with van der Waals surface area (Å²) in [6, 6.07) is 0.300. The number of nitrogens with one attached hydrogen (secondary N) is 2. The van der Waals surface area contributed by atoms with Gasteiger partial charge in [0.15, 0.2) is 0 Å². The highest BCUT2D eigenvalue weighted by Crippen LogP contribution is 2.29. The molecule has 2 rings (SSSR count). The molecule has 1 aliphatic heterocycles. The lowest BCUT2D eigenvalue weighted by atomic mass is 10.6. The van der Waals surface area contributed by atoms with Crippen molar-refractivity contribution in [2.24, 2.45) is 0 Å². The van der Waals surface area contributed by atoms with Gasteiger partial charge in [-0.2, -0.15) is 5.43 Å². The van der Waals surface area contributed by atoms with Crippen LogP contribution < -0.4 is 10.9 Å². The Kier molecular flexibility index (Phi) is 1.47. The zero-order valence-electron chi connectivity index (χ0n) is 6.33. The van der Waals surface area contributed by atoms with Gasteiger partial charge in [0.2, 0.25) is 6.35 Å². The molecular formula is C6H11N3O2. The summed E-state index contributed by atoms with van der Waals surface area (Å²) < 4.78 is 5.03. The van der Waals surface area contributed by atoms with Gasteiger partial charge in [-0.1, -0.05) is 0 Å². The van der Waals surface area contributed by atoms with E-state index in [4.69, 9.17) is 4.74 Å². The van der Waals surface area contributed by atoms with Crippen LogP contribution in [-0.2, 0) is 4.74 Å². The molecule has 2 aliphatic rings. The molecule has 5 nitrogen and oxygen atoms in total.